The van der Waals surface area contributed by atoms with Crippen LogP contribution < -0.4 is 11.2 Å². The largest absolute Gasteiger partial charge is 0.389 e. The molecule has 3 N–H and O–H groups in total. The molecule has 0 amide bonds. The highest BCUT2D eigenvalue weighted by Crippen LogP contribution is 2.39. The van der Waals surface area contributed by atoms with E-state index in [4.69, 9.17) is 5.73 Å². The number of nitrogens with zero attached hydrogens (tertiary/aromatic N) is 2. The summed E-state index contributed by atoms with van der Waals surface area (Å²) in [5.74, 6) is 0. The average Bonchev–Trinajstić information content (AvgIpc) is 2.82. The summed E-state index contributed by atoms with van der Waals surface area (Å²) in [6.45, 7) is 0. The molecule has 0 bridgehead atoms. The van der Waals surface area contributed by atoms with Gasteiger partial charge in [0.05, 0.1) is 10.2 Å². The molecule has 0 aliphatic rings. The van der Waals surface area contributed by atoms with E-state index in [0.717, 1.165) is 21.1 Å². The minimum absolute atomic E-state index is 0.551. The second-order valence-electron chi connectivity index (χ2n) is 3.71. The molecule has 84 valence electrons. The Morgan fingerprint density at radius 3 is 2.88 bits per heavy atom. The van der Waals surface area contributed by atoms with Crippen molar-refractivity contribution in [3.8, 4) is 6.07 Å². The number of nitrogens with two attached hydrogens (primary N) is 1. The Bertz CT molecular complexity index is 760. The Labute approximate surface area is 102 Å². The Hall–Kier alpha value is -2.19. The zero-order valence-corrected chi connectivity index (χ0v) is 10.0. The molecule has 0 saturated carbocycles. The molecule has 0 saturated heterocycles. The highest BCUT2D eigenvalue weighted by molar-refractivity contribution is 7.24. The zero-order chi connectivity index (χ0) is 12.0. The number of hydrogen-bond donors (Lipinski definition) is 2. The number of para-hydroxylation sites is 1. The number of rotatable bonds is 1. The number of fused-ring (bicyclic) bond motifs is 3. The Morgan fingerprint density at radius 2 is 2.18 bits per heavy atom. The lowest BCUT2D eigenvalue weighted by Gasteiger charge is -2.04. The Kier molecular flexibility index (Phi) is 2.00. The first kappa shape index (κ1) is 10.00. The molecule has 5 heteroatoms. The number of nitriles is 1. The third-order valence-corrected chi connectivity index (χ3v) is 3.90. The Morgan fingerprint density at radius 1 is 1.41 bits per heavy atom. The molecular weight excluding hydrogens is 232 g/mol. The third-order valence-electron chi connectivity index (χ3n) is 2.86. The van der Waals surface area contributed by atoms with Crippen LogP contribution in [0.3, 0.4) is 0 Å². The molecule has 4 nitrogen and oxygen atoms in total. The summed E-state index contributed by atoms with van der Waals surface area (Å²) in [4.78, 5) is 0. The fourth-order valence-electron chi connectivity index (χ4n) is 2.16. The van der Waals surface area contributed by atoms with Crippen LogP contribution >= 0.6 is 11.3 Å². The van der Waals surface area contributed by atoms with Crippen LogP contribution in [0.5, 0.6) is 0 Å². The van der Waals surface area contributed by atoms with E-state index in [9.17, 15) is 5.26 Å². The van der Waals surface area contributed by atoms with E-state index in [-0.39, 0.29) is 0 Å². The highest BCUT2D eigenvalue weighted by atomic mass is 32.1. The molecule has 17 heavy (non-hydrogen) atoms. The molecular formula is C12H10N4S. The van der Waals surface area contributed by atoms with Crippen LogP contribution in [-0.2, 0) is 0 Å². The second-order valence-corrected chi connectivity index (χ2v) is 4.76. The van der Waals surface area contributed by atoms with Gasteiger partial charge in [0, 0.05) is 12.4 Å². The summed E-state index contributed by atoms with van der Waals surface area (Å²) < 4.78 is 2.97. The van der Waals surface area contributed by atoms with E-state index in [1.54, 1.807) is 0 Å². The number of nitrogen functional groups attached to an aromatic ring is 1. The van der Waals surface area contributed by atoms with Gasteiger partial charge in [-0.3, -0.25) is 4.68 Å². The first-order valence-electron chi connectivity index (χ1n) is 5.17. The van der Waals surface area contributed by atoms with E-state index in [1.807, 2.05) is 36.0 Å². The van der Waals surface area contributed by atoms with Crippen LogP contribution in [0.25, 0.3) is 21.1 Å². The fraction of sp³-hybridized carbons (Fsp3) is 0.0833. The lowest BCUT2D eigenvalue weighted by molar-refractivity contribution is 1.02. The van der Waals surface area contributed by atoms with Gasteiger partial charge in [-0.05, 0) is 6.07 Å². The average molecular weight is 242 g/mol. The van der Waals surface area contributed by atoms with Crippen LogP contribution in [0.4, 0.5) is 5.00 Å². The molecule has 0 radical (unpaired) electrons. The molecule has 0 fully saturated rings. The van der Waals surface area contributed by atoms with Gasteiger partial charge in [0.2, 0.25) is 0 Å². The van der Waals surface area contributed by atoms with Gasteiger partial charge in [0.25, 0.3) is 0 Å². The predicted molar refractivity (Wildman–Crippen MR) is 71.7 cm³/mol. The van der Waals surface area contributed by atoms with Crippen molar-refractivity contribution in [3.05, 3.63) is 29.8 Å². The normalized spacial score (nSPS) is 10.8. The summed E-state index contributed by atoms with van der Waals surface area (Å²) in [6, 6.07) is 10.2. The van der Waals surface area contributed by atoms with Crippen molar-refractivity contribution in [2.24, 2.45) is 0 Å². The number of aromatic nitrogens is 1. The van der Waals surface area contributed by atoms with Gasteiger partial charge in [-0.25, -0.2) is 0 Å². The van der Waals surface area contributed by atoms with E-state index in [2.05, 4.69) is 11.5 Å². The van der Waals surface area contributed by atoms with Gasteiger partial charge in [-0.2, -0.15) is 5.26 Å². The summed E-state index contributed by atoms with van der Waals surface area (Å²) in [6.07, 6.45) is 0. The molecule has 1 aromatic carbocycles. The van der Waals surface area contributed by atoms with E-state index in [0.29, 0.717) is 10.6 Å². The van der Waals surface area contributed by atoms with Gasteiger partial charge >= 0.3 is 0 Å². The van der Waals surface area contributed by atoms with Crippen LogP contribution in [0.15, 0.2) is 24.3 Å². The third kappa shape index (κ3) is 1.16. The van der Waals surface area contributed by atoms with Crippen molar-refractivity contribution in [1.82, 2.24) is 4.68 Å². The lowest BCUT2D eigenvalue weighted by atomic mass is 10.2. The van der Waals surface area contributed by atoms with Gasteiger partial charge in [-0.15, -0.1) is 11.3 Å². The number of hydrogen-bond acceptors (Lipinski definition) is 4. The van der Waals surface area contributed by atoms with Crippen molar-refractivity contribution in [2.45, 2.75) is 0 Å². The maximum absolute atomic E-state index is 9.19. The van der Waals surface area contributed by atoms with Crippen LogP contribution in [0.2, 0.25) is 0 Å². The minimum atomic E-state index is 0.551. The highest BCUT2D eigenvalue weighted by Gasteiger charge is 2.18. The van der Waals surface area contributed by atoms with E-state index in [1.165, 1.54) is 11.3 Å². The molecule has 2 aromatic heterocycles. The summed E-state index contributed by atoms with van der Waals surface area (Å²) in [5, 5.41) is 10.9. The predicted octanol–water partition coefficient (Wildman–Crippen LogP) is 2.48. The molecule has 0 aliphatic carbocycles. The molecule has 0 aliphatic heterocycles. The summed E-state index contributed by atoms with van der Waals surface area (Å²) >= 11 is 1.46. The quantitative estimate of drug-likeness (QED) is 0.689. The maximum Gasteiger partial charge on any atom is 0.112 e. The molecule has 0 spiro atoms. The molecule has 0 unspecified atom stereocenters. The SMILES string of the molecule is CNn1c2ccccc2c2sc(N)c(C#N)c21. The first-order valence-corrected chi connectivity index (χ1v) is 5.99. The van der Waals surface area contributed by atoms with E-state index < -0.39 is 0 Å². The zero-order valence-electron chi connectivity index (χ0n) is 9.19. The van der Waals surface area contributed by atoms with Gasteiger partial charge in [0.15, 0.2) is 0 Å². The summed E-state index contributed by atoms with van der Waals surface area (Å²) in [5.41, 5.74) is 11.5. The monoisotopic (exact) mass is 242 g/mol. The van der Waals surface area contributed by atoms with Crippen molar-refractivity contribution in [3.63, 3.8) is 0 Å². The topological polar surface area (TPSA) is 66.8 Å². The number of benzene rings is 1. The standard InChI is InChI=1S/C12H10N4S/c1-15-16-9-5-3-2-4-7(9)11-10(16)8(6-13)12(14)17-11/h2-5,15H,14H2,1H3. The van der Waals surface area contributed by atoms with Crippen LogP contribution in [0, 0.1) is 11.3 Å². The van der Waals surface area contributed by atoms with Crippen molar-refractivity contribution in [2.75, 3.05) is 18.2 Å². The smallest absolute Gasteiger partial charge is 0.112 e. The van der Waals surface area contributed by atoms with Crippen molar-refractivity contribution >= 4 is 37.5 Å². The number of thiophene rings is 1. The second kappa shape index (κ2) is 3.40. The first-order chi connectivity index (χ1) is 8.27. The maximum atomic E-state index is 9.19. The fourth-order valence-corrected chi connectivity index (χ4v) is 3.19. The molecule has 2 heterocycles. The van der Waals surface area contributed by atoms with Gasteiger partial charge in [0.1, 0.15) is 22.2 Å². The minimum Gasteiger partial charge on any atom is -0.389 e. The number of anilines is 1. The van der Waals surface area contributed by atoms with Crippen molar-refractivity contribution < 1.29 is 0 Å². The van der Waals surface area contributed by atoms with E-state index >= 15 is 0 Å². The number of nitrogens with one attached hydrogen (secondary N) is 1. The van der Waals surface area contributed by atoms with Crippen molar-refractivity contribution in [1.29, 1.82) is 5.26 Å². The van der Waals surface area contributed by atoms with Gasteiger partial charge in [-0.1, -0.05) is 18.2 Å². The lowest BCUT2D eigenvalue weighted by Crippen LogP contribution is -2.08. The summed E-state index contributed by atoms with van der Waals surface area (Å²) in [7, 11) is 1.83. The van der Waals surface area contributed by atoms with Crippen LogP contribution in [0.1, 0.15) is 5.56 Å². The molecule has 3 aromatic rings. The molecule has 0 atom stereocenters. The molecule has 3 rings (SSSR count). The van der Waals surface area contributed by atoms with Gasteiger partial charge < -0.3 is 11.2 Å². The van der Waals surface area contributed by atoms with Crippen LogP contribution in [-0.4, -0.2) is 11.7 Å². The Balaban J connectivity index is 2.63.